The molecule has 4 aromatic carbocycles. The Labute approximate surface area is 667 Å². The highest BCUT2D eigenvalue weighted by atomic mass is 79.9. The van der Waals surface area contributed by atoms with E-state index in [1.807, 2.05) is 64.1 Å². The summed E-state index contributed by atoms with van der Waals surface area (Å²) in [6.07, 6.45) is 12.8. The molecule has 5 fully saturated rings. The van der Waals surface area contributed by atoms with E-state index in [9.17, 15) is 9.13 Å². The molecule has 5 aliphatic heterocycles. The van der Waals surface area contributed by atoms with Crippen LogP contribution in [0.5, 0.6) is 11.5 Å². The molecule has 0 unspecified atom stereocenters. The number of benzene rings is 4. The molecule has 13 rings (SSSR count). The second-order valence-electron chi connectivity index (χ2n) is 30.5. The molecule has 4 N–H and O–H groups in total. The fourth-order valence-electron chi connectivity index (χ4n) is 14.5. The number of aryl methyl sites for hydroxylation is 4. The van der Waals surface area contributed by atoms with Gasteiger partial charge in [0, 0.05) is 151 Å². The van der Waals surface area contributed by atoms with E-state index >= 15 is 0 Å². The third-order valence-corrected chi connectivity index (χ3v) is 25.7. The van der Waals surface area contributed by atoms with Crippen LogP contribution in [0, 0.1) is 13.1 Å². The number of halogens is 3. The summed E-state index contributed by atoms with van der Waals surface area (Å²) in [5, 5.41) is 23.6. The minimum absolute atomic E-state index is 0.309. The van der Waals surface area contributed by atoms with Gasteiger partial charge in [-0.05, 0) is 181 Å². The number of hydrogen-bond donors (Lipinski definition) is 4. The molecule has 110 heavy (non-hydrogen) atoms. The second kappa shape index (κ2) is 35.5. The number of piperidine rings is 2. The zero-order valence-electron chi connectivity index (χ0n) is 66.2. The molecule has 0 saturated carbocycles. The van der Waals surface area contributed by atoms with Gasteiger partial charge in [-0.1, -0.05) is 49.2 Å². The van der Waals surface area contributed by atoms with Crippen LogP contribution in [0.3, 0.4) is 0 Å². The predicted octanol–water partition coefficient (Wildman–Crippen LogP) is 14.3. The molecule has 0 amide bonds. The fourth-order valence-corrected chi connectivity index (χ4v) is 17.6. The van der Waals surface area contributed by atoms with Crippen LogP contribution in [-0.2, 0) is 45.4 Å². The average molecular weight is 1640 g/mol. The van der Waals surface area contributed by atoms with Crippen LogP contribution >= 0.6 is 53.4 Å². The van der Waals surface area contributed by atoms with Gasteiger partial charge < -0.3 is 68.8 Å². The summed E-state index contributed by atoms with van der Waals surface area (Å²) in [4.78, 5) is 40.4. The van der Waals surface area contributed by atoms with Crippen molar-refractivity contribution in [3.8, 4) is 22.8 Å². The summed E-state index contributed by atoms with van der Waals surface area (Å²) >= 11 is 16.4. The smallest absolute Gasteiger partial charge is 0.494 e. The maximum absolute atomic E-state index is 13.6. The van der Waals surface area contributed by atoms with Gasteiger partial charge in [0.2, 0.25) is 23.3 Å². The summed E-state index contributed by atoms with van der Waals surface area (Å²) in [6, 6.07) is 21.0. The van der Waals surface area contributed by atoms with Crippen molar-refractivity contribution in [2.75, 3.05) is 165 Å². The normalized spacial score (nSPS) is 17.5. The Bertz CT molecular complexity index is 4760. The van der Waals surface area contributed by atoms with E-state index in [1.54, 1.807) is 82.9 Å². The maximum Gasteiger partial charge on any atom is 0.494 e. The molecular weight excluding hydrogens is 1540 g/mol. The molecule has 4 aromatic heterocycles. The first-order valence-corrected chi connectivity index (χ1v) is 44.2. The summed E-state index contributed by atoms with van der Waals surface area (Å²) in [5.74, 6) is 2.87. The largest absolute Gasteiger partial charge is 0.494 e. The summed E-state index contributed by atoms with van der Waals surface area (Å²) in [5.41, 5.74) is 9.71. The van der Waals surface area contributed by atoms with Crippen LogP contribution in [-0.4, -0.2) is 223 Å². The molecule has 8 aromatic rings. The fraction of sp³-hybridized carbons (Fsp3) is 0.487. The number of methoxy groups -OCH3 is 2. The molecular formula is C78H104BBrCl2N20O6P2. The van der Waals surface area contributed by atoms with Gasteiger partial charge in [0.25, 0.3) is 0 Å². The zero-order chi connectivity index (χ0) is 79.1. The average Bonchev–Trinajstić information content (AvgIpc) is 1.55. The van der Waals surface area contributed by atoms with Crippen molar-refractivity contribution < 1.29 is 27.9 Å². The predicted molar refractivity (Wildman–Crippen MR) is 453 cm³/mol. The van der Waals surface area contributed by atoms with Gasteiger partial charge in [-0.2, -0.15) is 20.2 Å². The monoisotopic (exact) mass is 1640 g/mol. The quantitative estimate of drug-likeness (QED) is 0.0315. The lowest BCUT2D eigenvalue weighted by atomic mass is 9.79. The number of likely N-dealkylation sites (N-methyl/N-ethyl adjacent to an activating group) is 2. The highest BCUT2D eigenvalue weighted by Crippen LogP contribution is 2.45. The number of ether oxygens (including phenoxy) is 2. The molecule has 26 nitrogen and oxygen atoms in total. The lowest BCUT2D eigenvalue weighted by Crippen LogP contribution is -2.52. The summed E-state index contributed by atoms with van der Waals surface area (Å²) < 4.78 is 55.3. The van der Waals surface area contributed by atoms with E-state index in [-0.39, 0.29) is 0 Å². The molecule has 586 valence electrons. The van der Waals surface area contributed by atoms with Crippen molar-refractivity contribution in [2.45, 2.75) is 103 Å². The number of rotatable bonds is 20. The molecule has 0 aliphatic carbocycles. The van der Waals surface area contributed by atoms with E-state index in [2.05, 4.69) is 149 Å². The van der Waals surface area contributed by atoms with Crippen molar-refractivity contribution in [3.05, 3.63) is 134 Å². The van der Waals surface area contributed by atoms with Crippen molar-refractivity contribution in [1.82, 2.24) is 59.1 Å². The number of nitrogens with one attached hydrogen (secondary N) is 4. The van der Waals surface area contributed by atoms with E-state index in [1.165, 1.54) is 28.7 Å². The maximum atomic E-state index is 13.6. The molecule has 5 saturated heterocycles. The van der Waals surface area contributed by atoms with E-state index in [4.69, 9.17) is 65.1 Å². The van der Waals surface area contributed by atoms with Crippen molar-refractivity contribution >= 4 is 146 Å². The number of nitrogens with zero attached hydrogens (tertiary/aromatic N) is 16. The minimum atomic E-state index is -2.79. The van der Waals surface area contributed by atoms with Crippen molar-refractivity contribution in [1.29, 1.82) is 0 Å². The Kier molecular flexibility index (Phi) is 26.8. The lowest BCUT2D eigenvalue weighted by molar-refractivity contribution is 0.00578. The number of piperazine rings is 2. The Morgan fingerprint density at radius 1 is 0.573 bits per heavy atom. The third kappa shape index (κ3) is 19.8. The number of hydrogen-bond acceptors (Lipinski definition) is 22. The first kappa shape index (κ1) is 83.1. The van der Waals surface area contributed by atoms with Gasteiger partial charge >= 0.3 is 7.12 Å². The molecule has 0 atom stereocenters. The molecule has 0 spiro atoms. The van der Waals surface area contributed by atoms with E-state index in [0.29, 0.717) is 101 Å². The molecule has 0 radical (unpaired) electrons. The standard InChI is InChI=1S/C37H54BClN7O4P.C36H46ClN10O2P.C5H4BrN3/c1-10-25-21-30(32(48-7)23-31(25)46-15-13-27(14-16-46)45-19-17-44(6)18-20-45)42-35-40-24-28(39)34(43-35)41-29-12-11-26(22-33(29)51(8,9)47)38-49-36(2,3)37(4,5)50-38;1-8-24-19-29(32(49-5)21-31(24)47-13-11-26(12-14-47)46-17-15-44(3)16-18-46)41-36-39-22-27(37)35(42-36)40-28-10-9-25(20-33(28)50(6,7)48)34-30(38-2)23-45(4)43-34;1-7-4-3-9(2)8-5(4)6/h11-12,21-24,27H,10,13-20H2,1-9H3,(H2,40,41,42,43);9-10,19-23,26H,8,11-18H2,1,3-7H3,(H2,39,40,41,42);3H,2H3. The van der Waals surface area contributed by atoms with Gasteiger partial charge in [0.05, 0.1) is 79.4 Å². The Balaban J connectivity index is 0.000000195. The van der Waals surface area contributed by atoms with Gasteiger partial charge in [0.15, 0.2) is 11.6 Å². The van der Waals surface area contributed by atoms with Crippen LogP contribution in [0.4, 0.5) is 69.0 Å². The zero-order valence-corrected chi connectivity index (χ0v) is 71.1. The summed E-state index contributed by atoms with van der Waals surface area (Å²) in [6.45, 7) is 46.8. The highest BCUT2D eigenvalue weighted by Gasteiger charge is 2.52. The number of aromatic nitrogens is 8. The molecule has 32 heteroatoms. The van der Waals surface area contributed by atoms with Crippen LogP contribution in [0.25, 0.3) is 20.9 Å². The summed E-state index contributed by atoms with van der Waals surface area (Å²) in [7, 11) is 5.22. The second-order valence-corrected chi connectivity index (χ2v) is 38.4. The molecule has 9 heterocycles. The first-order chi connectivity index (χ1) is 52.3. The molecule has 5 aliphatic rings. The Hall–Kier alpha value is -7.82. The Morgan fingerprint density at radius 2 is 0.991 bits per heavy atom. The lowest BCUT2D eigenvalue weighted by Gasteiger charge is -2.43. The van der Waals surface area contributed by atoms with Crippen LogP contribution in [0.2, 0.25) is 10.0 Å². The van der Waals surface area contributed by atoms with Gasteiger partial charge in [-0.25, -0.2) is 19.7 Å². The Morgan fingerprint density at radius 3 is 1.38 bits per heavy atom. The molecule has 0 bridgehead atoms. The highest BCUT2D eigenvalue weighted by molar-refractivity contribution is 9.10. The van der Waals surface area contributed by atoms with Crippen LogP contribution in [0.15, 0.2) is 90.1 Å². The van der Waals surface area contributed by atoms with Crippen LogP contribution in [0.1, 0.15) is 78.4 Å². The van der Waals surface area contributed by atoms with Crippen LogP contribution < -0.4 is 56.6 Å². The SMILES string of the molecule is CCc1cc(Nc2ncc(Cl)c(Nc3ccc(B4OC(C)(C)C(C)(C)O4)cc3P(C)(C)=O)n2)c(OC)cc1N1CCC(N2CCN(C)CC2)CC1.[C-]#[N+]c1cn(C)nc1-c1ccc(Nc2nc(Nc3cc(CC)c(N4CCC(N5CCN(C)CC5)CC4)cc3OC)ncc2Cl)c(P(C)(C)=O)c1.[C-]#[N+]c1cn(C)nc1Br. The van der Waals surface area contributed by atoms with Crippen molar-refractivity contribution in [2.24, 2.45) is 14.1 Å². The van der Waals surface area contributed by atoms with E-state index < -0.39 is 32.6 Å². The minimum Gasteiger partial charge on any atom is -0.494 e. The topological polar surface area (TPSA) is 235 Å². The third-order valence-electron chi connectivity index (χ3n) is 21.6. The van der Waals surface area contributed by atoms with Crippen molar-refractivity contribution in [3.63, 3.8) is 0 Å². The first-order valence-electron chi connectivity index (χ1n) is 37.4. The van der Waals surface area contributed by atoms with Gasteiger partial charge in [-0.15, -0.1) is 0 Å². The van der Waals surface area contributed by atoms with E-state index in [0.717, 1.165) is 140 Å². The van der Waals surface area contributed by atoms with Gasteiger partial charge in [-0.3, -0.25) is 19.2 Å². The van der Waals surface area contributed by atoms with Gasteiger partial charge in [0.1, 0.15) is 40.4 Å². The number of anilines is 10.